The summed E-state index contributed by atoms with van der Waals surface area (Å²) in [6.45, 7) is 4.27. The Kier molecular flexibility index (Phi) is 5.31. The molecule has 0 saturated heterocycles. The summed E-state index contributed by atoms with van der Waals surface area (Å²) in [6, 6.07) is 14.8. The van der Waals surface area contributed by atoms with Crippen molar-refractivity contribution in [3.63, 3.8) is 0 Å². The monoisotopic (exact) mass is 459 g/mol. The van der Waals surface area contributed by atoms with Crippen molar-refractivity contribution in [1.82, 2.24) is 20.4 Å². The number of benzene rings is 2. The van der Waals surface area contributed by atoms with Gasteiger partial charge in [0.05, 0.1) is 17.6 Å². The normalized spacial score (nSPS) is 14.9. The molecule has 0 saturated carbocycles. The lowest BCUT2D eigenvalue weighted by molar-refractivity contribution is -0.136. The van der Waals surface area contributed by atoms with Crippen LogP contribution >= 0.6 is 0 Å². The SMILES string of the molecule is CC(C)(NC(=O)OCc1ccccc1)C(=O)N1CCC2=C(C1)Nc1cccc3c(=O)[nH]nc2c13. The van der Waals surface area contributed by atoms with Crippen LogP contribution in [0.4, 0.5) is 10.5 Å². The average molecular weight is 460 g/mol. The first-order valence-electron chi connectivity index (χ1n) is 11.1. The molecular weight excluding hydrogens is 434 g/mol. The van der Waals surface area contributed by atoms with Crippen LogP contribution in [0.1, 0.15) is 31.5 Å². The maximum atomic E-state index is 13.3. The number of alkyl carbamates (subject to hydrolysis) is 1. The van der Waals surface area contributed by atoms with Crippen molar-refractivity contribution >= 4 is 34.0 Å². The Morgan fingerprint density at radius 1 is 1.15 bits per heavy atom. The van der Waals surface area contributed by atoms with Crippen LogP contribution in [0.2, 0.25) is 0 Å². The highest BCUT2D eigenvalue weighted by atomic mass is 16.5. The standard InChI is InChI=1S/C25H25N5O4/c1-25(2,27-24(33)34-14-15-7-4-3-5-8-15)23(32)30-12-11-16-19(13-30)26-18-10-6-9-17-20(18)21(16)28-29-22(17)31/h3-10,26H,11-14H2,1-2H3,(H,27,33)(H,29,31). The van der Waals surface area contributed by atoms with Crippen molar-refractivity contribution in [2.75, 3.05) is 18.4 Å². The fourth-order valence-electron chi connectivity index (χ4n) is 4.48. The molecule has 0 fully saturated rings. The van der Waals surface area contributed by atoms with Crippen LogP contribution in [0.25, 0.3) is 16.3 Å². The molecule has 0 bridgehead atoms. The molecule has 3 heterocycles. The van der Waals surface area contributed by atoms with Crippen molar-refractivity contribution in [3.05, 3.63) is 75.8 Å². The zero-order valence-electron chi connectivity index (χ0n) is 19.0. The van der Waals surface area contributed by atoms with Crippen molar-refractivity contribution < 1.29 is 14.3 Å². The van der Waals surface area contributed by atoms with Gasteiger partial charge in [0, 0.05) is 28.9 Å². The van der Waals surface area contributed by atoms with E-state index in [0.717, 1.165) is 33.6 Å². The average Bonchev–Trinajstić information content (AvgIpc) is 2.84. The quantitative estimate of drug-likeness (QED) is 0.552. The van der Waals surface area contributed by atoms with E-state index in [1.54, 1.807) is 24.8 Å². The molecule has 0 aliphatic carbocycles. The Hall–Kier alpha value is -4.14. The molecule has 1 aromatic heterocycles. The Balaban J connectivity index is 1.30. The summed E-state index contributed by atoms with van der Waals surface area (Å²) in [5, 5.41) is 14.4. The summed E-state index contributed by atoms with van der Waals surface area (Å²) in [5.74, 6) is -0.212. The van der Waals surface area contributed by atoms with E-state index in [0.29, 0.717) is 24.9 Å². The molecule has 2 aromatic carbocycles. The Labute approximate surface area is 195 Å². The van der Waals surface area contributed by atoms with Crippen molar-refractivity contribution in [2.45, 2.75) is 32.4 Å². The van der Waals surface area contributed by atoms with Gasteiger partial charge in [-0.15, -0.1) is 0 Å². The summed E-state index contributed by atoms with van der Waals surface area (Å²) in [6.07, 6.45) is -0.0749. The summed E-state index contributed by atoms with van der Waals surface area (Å²) in [4.78, 5) is 39.6. The largest absolute Gasteiger partial charge is 0.445 e. The number of rotatable bonds is 4. The predicted molar refractivity (Wildman–Crippen MR) is 128 cm³/mol. The van der Waals surface area contributed by atoms with Gasteiger partial charge in [0.15, 0.2) is 0 Å². The lowest BCUT2D eigenvalue weighted by atomic mass is 9.92. The highest BCUT2D eigenvalue weighted by Gasteiger charge is 2.37. The third kappa shape index (κ3) is 3.89. The minimum absolute atomic E-state index is 0.126. The van der Waals surface area contributed by atoms with E-state index in [2.05, 4.69) is 20.8 Å². The smallest absolute Gasteiger partial charge is 0.408 e. The van der Waals surface area contributed by atoms with Crippen LogP contribution in [0.5, 0.6) is 0 Å². The Morgan fingerprint density at radius 3 is 2.74 bits per heavy atom. The minimum Gasteiger partial charge on any atom is -0.445 e. The molecule has 3 aromatic rings. The van der Waals surface area contributed by atoms with Crippen LogP contribution in [0.3, 0.4) is 0 Å². The van der Waals surface area contributed by atoms with Gasteiger partial charge < -0.3 is 20.3 Å². The zero-order valence-corrected chi connectivity index (χ0v) is 19.0. The number of hydrogen-bond acceptors (Lipinski definition) is 6. The van der Waals surface area contributed by atoms with E-state index < -0.39 is 11.6 Å². The fraction of sp³-hybridized carbons (Fsp3) is 0.280. The van der Waals surface area contributed by atoms with Gasteiger partial charge in [-0.1, -0.05) is 36.4 Å². The number of nitrogens with zero attached hydrogens (tertiary/aromatic N) is 2. The fourth-order valence-corrected chi connectivity index (χ4v) is 4.48. The summed E-state index contributed by atoms with van der Waals surface area (Å²) >= 11 is 0. The van der Waals surface area contributed by atoms with E-state index >= 15 is 0 Å². The molecule has 0 unspecified atom stereocenters. The van der Waals surface area contributed by atoms with Gasteiger partial charge in [0.1, 0.15) is 12.1 Å². The second-order valence-electron chi connectivity index (χ2n) is 9.00. The molecule has 9 nitrogen and oxygen atoms in total. The number of fused-ring (bicyclic) bond motifs is 1. The van der Waals surface area contributed by atoms with Crippen LogP contribution < -0.4 is 16.2 Å². The predicted octanol–water partition coefficient (Wildman–Crippen LogP) is 3.00. The summed E-state index contributed by atoms with van der Waals surface area (Å²) < 4.78 is 5.29. The van der Waals surface area contributed by atoms with Crippen molar-refractivity contribution in [2.24, 2.45) is 0 Å². The number of aromatic nitrogens is 2. The lowest BCUT2D eigenvalue weighted by Crippen LogP contribution is -2.57. The molecule has 2 amide bonds. The topological polar surface area (TPSA) is 116 Å². The first kappa shape index (κ1) is 21.7. The third-order valence-electron chi connectivity index (χ3n) is 6.18. The number of ether oxygens (including phenoxy) is 1. The highest BCUT2D eigenvalue weighted by Crippen LogP contribution is 2.38. The number of carbonyl (C=O) groups excluding carboxylic acids is 2. The third-order valence-corrected chi connectivity index (χ3v) is 6.18. The molecular formula is C25H25N5O4. The summed E-state index contributed by atoms with van der Waals surface area (Å²) in [7, 11) is 0. The van der Waals surface area contributed by atoms with Crippen molar-refractivity contribution in [1.29, 1.82) is 0 Å². The zero-order chi connectivity index (χ0) is 23.9. The van der Waals surface area contributed by atoms with E-state index in [1.807, 2.05) is 42.5 Å². The van der Waals surface area contributed by atoms with E-state index in [1.165, 1.54) is 0 Å². The number of H-pyrrole nitrogens is 1. The molecule has 2 aliphatic rings. The van der Waals surface area contributed by atoms with E-state index in [4.69, 9.17) is 4.74 Å². The molecule has 9 heteroatoms. The minimum atomic E-state index is -1.15. The van der Waals surface area contributed by atoms with E-state index in [9.17, 15) is 14.4 Å². The highest BCUT2D eigenvalue weighted by molar-refractivity contribution is 6.04. The van der Waals surface area contributed by atoms with Gasteiger partial charge in [0.25, 0.3) is 5.56 Å². The van der Waals surface area contributed by atoms with Crippen molar-refractivity contribution in [3.8, 4) is 0 Å². The summed E-state index contributed by atoms with van der Waals surface area (Å²) in [5.41, 5.74) is 2.87. The molecule has 5 rings (SSSR count). The molecule has 174 valence electrons. The van der Waals surface area contributed by atoms with Crippen LogP contribution in [-0.4, -0.2) is 45.7 Å². The second kappa shape index (κ2) is 8.33. The second-order valence-corrected chi connectivity index (χ2v) is 9.00. The molecule has 0 spiro atoms. The van der Waals surface area contributed by atoms with Gasteiger partial charge >= 0.3 is 6.09 Å². The molecule has 2 aliphatic heterocycles. The van der Waals surface area contributed by atoms with Gasteiger partial charge in [-0.25, -0.2) is 9.89 Å². The first-order valence-corrected chi connectivity index (χ1v) is 11.1. The lowest BCUT2D eigenvalue weighted by Gasteiger charge is -2.38. The van der Waals surface area contributed by atoms with Crippen LogP contribution in [0, 0.1) is 0 Å². The van der Waals surface area contributed by atoms with Crippen LogP contribution in [0.15, 0.2) is 59.0 Å². The number of nitrogens with one attached hydrogen (secondary N) is 3. The molecule has 0 atom stereocenters. The number of amides is 2. The van der Waals surface area contributed by atoms with Gasteiger partial charge in [-0.2, -0.15) is 5.10 Å². The molecule has 3 N–H and O–H groups in total. The number of hydrogen-bond donors (Lipinski definition) is 3. The number of aromatic amines is 1. The molecule has 0 radical (unpaired) electrons. The maximum Gasteiger partial charge on any atom is 0.408 e. The number of anilines is 1. The van der Waals surface area contributed by atoms with Gasteiger partial charge in [-0.3, -0.25) is 9.59 Å². The number of carbonyl (C=O) groups is 2. The van der Waals surface area contributed by atoms with E-state index in [-0.39, 0.29) is 18.1 Å². The van der Waals surface area contributed by atoms with Gasteiger partial charge in [-0.05, 0) is 38.0 Å². The Bertz CT molecular complexity index is 1380. The molecule has 34 heavy (non-hydrogen) atoms. The maximum absolute atomic E-state index is 13.3. The van der Waals surface area contributed by atoms with Crippen LogP contribution in [-0.2, 0) is 16.1 Å². The Morgan fingerprint density at radius 2 is 1.94 bits per heavy atom. The van der Waals surface area contributed by atoms with Gasteiger partial charge in [0.2, 0.25) is 5.91 Å². The first-order chi connectivity index (χ1) is 16.3.